The Hall–Kier alpha value is -0.560. The standard InChI is InChI=1S/C9H14O/c1-7(2)8-5-3-4-6-9(8)10/h3-5,7,9-10H,6H2,1-2H3. The summed E-state index contributed by atoms with van der Waals surface area (Å²) in [7, 11) is 0. The summed E-state index contributed by atoms with van der Waals surface area (Å²) in [4.78, 5) is 0. The minimum absolute atomic E-state index is 0.231. The first-order chi connectivity index (χ1) is 4.72. The molecule has 1 aliphatic carbocycles. The van der Waals surface area contributed by atoms with Gasteiger partial charge >= 0.3 is 0 Å². The van der Waals surface area contributed by atoms with Gasteiger partial charge in [-0.1, -0.05) is 32.1 Å². The Bertz CT molecular complexity index is 166. The Morgan fingerprint density at radius 2 is 2.30 bits per heavy atom. The lowest BCUT2D eigenvalue weighted by molar-refractivity contribution is 0.202. The highest BCUT2D eigenvalue weighted by Crippen LogP contribution is 2.20. The first-order valence-electron chi connectivity index (χ1n) is 3.76. The van der Waals surface area contributed by atoms with E-state index in [1.807, 2.05) is 18.2 Å². The van der Waals surface area contributed by atoms with E-state index in [9.17, 15) is 5.11 Å². The van der Waals surface area contributed by atoms with Crippen molar-refractivity contribution in [3.8, 4) is 0 Å². The summed E-state index contributed by atoms with van der Waals surface area (Å²) in [5.41, 5.74) is 1.16. The molecule has 1 nitrogen and oxygen atoms in total. The first kappa shape index (κ1) is 7.55. The predicted molar refractivity (Wildman–Crippen MR) is 42.7 cm³/mol. The molecule has 1 atom stereocenters. The second kappa shape index (κ2) is 3.02. The molecule has 1 heteroatoms. The zero-order valence-electron chi connectivity index (χ0n) is 6.54. The molecule has 56 valence electrons. The summed E-state index contributed by atoms with van der Waals surface area (Å²) in [5, 5.41) is 9.42. The fraction of sp³-hybridized carbons (Fsp3) is 0.556. The van der Waals surface area contributed by atoms with Crippen LogP contribution in [0, 0.1) is 5.92 Å². The Balaban J connectivity index is 2.70. The summed E-state index contributed by atoms with van der Waals surface area (Å²) in [6, 6.07) is 0. The molecule has 0 aromatic heterocycles. The Morgan fingerprint density at radius 1 is 1.60 bits per heavy atom. The molecule has 1 N–H and O–H groups in total. The van der Waals surface area contributed by atoms with E-state index in [0.29, 0.717) is 5.92 Å². The smallest absolute Gasteiger partial charge is 0.0790 e. The highest BCUT2D eigenvalue weighted by Gasteiger charge is 2.13. The largest absolute Gasteiger partial charge is 0.388 e. The van der Waals surface area contributed by atoms with Gasteiger partial charge in [-0.2, -0.15) is 0 Å². The number of aliphatic hydroxyl groups is 1. The fourth-order valence-corrected chi connectivity index (χ4v) is 1.21. The van der Waals surface area contributed by atoms with Crippen molar-refractivity contribution in [3.05, 3.63) is 23.8 Å². The Kier molecular flexibility index (Phi) is 2.28. The molecule has 0 bridgehead atoms. The van der Waals surface area contributed by atoms with Crippen LogP contribution in [0.5, 0.6) is 0 Å². The van der Waals surface area contributed by atoms with Crippen molar-refractivity contribution in [1.29, 1.82) is 0 Å². The molecular weight excluding hydrogens is 124 g/mol. The van der Waals surface area contributed by atoms with Crippen molar-refractivity contribution < 1.29 is 5.11 Å². The molecule has 10 heavy (non-hydrogen) atoms. The maximum atomic E-state index is 9.42. The SMILES string of the molecule is CC(C)C1=CC=CCC1O. The van der Waals surface area contributed by atoms with E-state index < -0.39 is 0 Å². The normalized spacial score (nSPS) is 25.2. The highest BCUT2D eigenvalue weighted by molar-refractivity contribution is 5.23. The van der Waals surface area contributed by atoms with Crippen LogP contribution in [-0.4, -0.2) is 11.2 Å². The molecular formula is C9H14O. The van der Waals surface area contributed by atoms with Gasteiger partial charge in [0.2, 0.25) is 0 Å². The van der Waals surface area contributed by atoms with Gasteiger partial charge in [-0.05, 0) is 17.9 Å². The van der Waals surface area contributed by atoms with Crippen LogP contribution in [0.4, 0.5) is 0 Å². The van der Waals surface area contributed by atoms with Crippen molar-refractivity contribution in [2.45, 2.75) is 26.4 Å². The minimum Gasteiger partial charge on any atom is -0.388 e. The van der Waals surface area contributed by atoms with Crippen molar-refractivity contribution >= 4 is 0 Å². The van der Waals surface area contributed by atoms with Crippen LogP contribution in [-0.2, 0) is 0 Å². The molecule has 0 saturated heterocycles. The average molecular weight is 138 g/mol. The van der Waals surface area contributed by atoms with Gasteiger partial charge in [0.15, 0.2) is 0 Å². The molecule has 1 unspecified atom stereocenters. The van der Waals surface area contributed by atoms with E-state index in [0.717, 1.165) is 12.0 Å². The predicted octanol–water partition coefficient (Wildman–Crippen LogP) is 1.89. The lowest BCUT2D eigenvalue weighted by Gasteiger charge is -2.18. The van der Waals surface area contributed by atoms with Gasteiger partial charge < -0.3 is 5.11 Å². The fourth-order valence-electron chi connectivity index (χ4n) is 1.21. The van der Waals surface area contributed by atoms with Crippen molar-refractivity contribution in [2.75, 3.05) is 0 Å². The highest BCUT2D eigenvalue weighted by atomic mass is 16.3. The lowest BCUT2D eigenvalue weighted by atomic mass is 9.92. The second-order valence-electron chi connectivity index (χ2n) is 3.00. The van der Waals surface area contributed by atoms with Crippen molar-refractivity contribution in [2.24, 2.45) is 5.92 Å². The molecule has 0 saturated carbocycles. The van der Waals surface area contributed by atoms with Gasteiger partial charge in [-0.15, -0.1) is 0 Å². The molecule has 1 aliphatic rings. The molecule has 0 heterocycles. The molecule has 0 spiro atoms. The summed E-state index contributed by atoms with van der Waals surface area (Å²) in [6.45, 7) is 4.21. The lowest BCUT2D eigenvalue weighted by Crippen LogP contribution is -2.15. The van der Waals surface area contributed by atoms with E-state index in [1.165, 1.54) is 0 Å². The average Bonchev–Trinajstić information content (AvgIpc) is 1.88. The summed E-state index contributed by atoms with van der Waals surface area (Å²) < 4.78 is 0. The number of hydrogen-bond donors (Lipinski definition) is 1. The Morgan fingerprint density at radius 3 is 2.70 bits per heavy atom. The zero-order chi connectivity index (χ0) is 7.56. The van der Waals surface area contributed by atoms with Gasteiger partial charge in [-0.3, -0.25) is 0 Å². The van der Waals surface area contributed by atoms with Gasteiger partial charge in [0.05, 0.1) is 6.10 Å². The monoisotopic (exact) mass is 138 g/mol. The summed E-state index contributed by atoms with van der Waals surface area (Å²) in [6.07, 6.45) is 6.58. The maximum absolute atomic E-state index is 9.42. The molecule has 0 aliphatic heterocycles. The van der Waals surface area contributed by atoms with Crippen LogP contribution in [0.3, 0.4) is 0 Å². The topological polar surface area (TPSA) is 20.2 Å². The zero-order valence-corrected chi connectivity index (χ0v) is 6.54. The van der Waals surface area contributed by atoms with Gasteiger partial charge in [0.25, 0.3) is 0 Å². The third-order valence-corrected chi connectivity index (χ3v) is 1.84. The van der Waals surface area contributed by atoms with E-state index in [1.54, 1.807) is 0 Å². The van der Waals surface area contributed by atoms with Crippen LogP contribution < -0.4 is 0 Å². The maximum Gasteiger partial charge on any atom is 0.0790 e. The second-order valence-corrected chi connectivity index (χ2v) is 3.00. The number of rotatable bonds is 1. The van der Waals surface area contributed by atoms with Crippen LogP contribution in [0.2, 0.25) is 0 Å². The molecule has 0 aromatic carbocycles. The molecule has 0 radical (unpaired) electrons. The summed E-state index contributed by atoms with van der Waals surface area (Å²) in [5.74, 6) is 0.472. The van der Waals surface area contributed by atoms with Crippen LogP contribution in [0.1, 0.15) is 20.3 Å². The van der Waals surface area contributed by atoms with E-state index in [-0.39, 0.29) is 6.10 Å². The number of hydrogen-bond acceptors (Lipinski definition) is 1. The van der Waals surface area contributed by atoms with Crippen LogP contribution >= 0.6 is 0 Å². The number of aliphatic hydroxyl groups excluding tert-OH is 1. The van der Waals surface area contributed by atoms with E-state index in [4.69, 9.17) is 0 Å². The Labute approximate surface area is 62.1 Å². The van der Waals surface area contributed by atoms with Gasteiger partial charge in [-0.25, -0.2) is 0 Å². The third-order valence-electron chi connectivity index (χ3n) is 1.84. The van der Waals surface area contributed by atoms with Gasteiger partial charge in [0.1, 0.15) is 0 Å². The molecule has 0 amide bonds. The van der Waals surface area contributed by atoms with E-state index in [2.05, 4.69) is 13.8 Å². The molecule has 1 rings (SSSR count). The van der Waals surface area contributed by atoms with Crippen molar-refractivity contribution in [1.82, 2.24) is 0 Å². The summed E-state index contributed by atoms with van der Waals surface area (Å²) >= 11 is 0. The minimum atomic E-state index is -0.231. The van der Waals surface area contributed by atoms with Gasteiger partial charge in [0, 0.05) is 0 Å². The third kappa shape index (κ3) is 1.48. The van der Waals surface area contributed by atoms with Crippen LogP contribution in [0.25, 0.3) is 0 Å². The number of allylic oxidation sites excluding steroid dienone is 2. The van der Waals surface area contributed by atoms with Crippen LogP contribution in [0.15, 0.2) is 23.8 Å². The quantitative estimate of drug-likeness (QED) is 0.586. The van der Waals surface area contributed by atoms with E-state index >= 15 is 0 Å². The first-order valence-corrected chi connectivity index (χ1v) is 3.76. The van der Waals surface area contributed by atoms with Crippen molar-refractivity contribution in [3.63, 3.8) is 0 Å². The molecule has 0 aromatic rings. The molecule has 0 fully saturated rings.